The first-order chi connectivity index (χ1) is 8.22. The fraction of sp³-hybridized carbons (Fsp3) is 0.714. The number of H-pyrrole nitrogens is 1. The molecule has 2 saturated carbocycles. The van der Waals surface area contributed by atoms with E-state index in [1.54, 1.807) is 6.07 Å². The van der Waals surface area contributed by atoms with Crippen LogP contribution < -0.4 is 5.56 Å². The Morgan fingerprint density at radius 2 is 1.76 bits per heavy atom. The first kappa shape index (κ1) is 11.0. The van der Waals surface area contributed by atoms with Crippen LogP contribution in [0, 0.1) is 5.92 Å². The highest BCUT2D eigenvalue weighted by molar-refractivity contribution is 5.15. The minimum Gasteiger partial charge on any atom is -0.310 e. The predicted molar refractivity (Wildman–Crippen MR) is 67.2 cm³/mol. The van der Waals surface area contributed by atoms with Gasteiger partial charge in [0.05, 0.1) is 5.69 Å². The fourth-order valence-corrected chi connectivity index (χ4v) is 2.81. The van der Waals surface area contributed by atoms with Crippen LogP contribution in [0.15, 0.2) is 10.9 Å². The lowest BCUT2D eigenvalue weighted by molar-refractivity contribution is 0.339. The van der Waals surface area contributed by atoms with E-state index >= 15 is 0 Å². The third-order valence-electron chi connectivity index (χ3n) is 4.18. The largest absolute Gasteiger partial charge is 0.310 e. The fourth-order valence-electron chi connectivity index (χ4n) is 2.81. The van der Waals surface area contributed by atoms with Crippen LogP contribution in [0.2, 0.25) is 0 Å². The zero-order valence-corrected chi connectivity index (χ0v) is 10.4. The highest BCUT2D eigenvalue weighted by Crippen LogP contribution is 2.39. The lowest BCUT2D eigenvalue weighted by Gasteiger charge is -2.25. The van der Waals surface area contributed by atoms with Crippen LogP contribution in [0.5, 0.6) is 0 Å². The molecule has 0 radical (unpaired) electrons. The van der Waals surface area contributed by atoms with Crippen molar-refractivity contribution in [1.82, 2.24) is 9.97 Å². The van der Waals surface area contributed by atoms with Gasteiger partial charge in [-0.25, -0.2) is 4.98 Å². The smallest absolute Gasteiger partial charge is 0.251 e. The van der Waals surface area contributed by atoms with Crippen molar-refractivity contribution in [2.75, 3.05) is 0 Å². The van der Waals surface area contributed by atoms with Crippen LogP contribution in [-0.2, 0) is 0 Å². The molecule has 0 aromatic carbocycles. The summed E-state index contributed by atoms with van der Waals surface area (Å²) in [5, 5.41) is 0. The molecule has 0 saturated heterocycles. The number of rotatable bonds is 2. The molecule has 3 rings (SSSR count). The first-order valence-corrected chi connectivity index (χ1v) is 6.83. The molecule has 17 heavy (non-hydrogen) atoms. The molecule has 0 amide bonds. The molecular formula is C14H20N2O. The molecule has 1 aromatic rings. The van der Waals surface area contributed by atoms with Crippen molar-refractivity contribution in [3.05, 3.63) is 27.9 Å². The van der Waals surface area contributed by atoms with Crippen LogP contribution >= 0.6 is 0 Å². The Labute approximate surface area is 102 Å². The van der Waals surface area contributed by atoms with Gasteiger partial charge in [0.2, 0.25) is 0 Å². The zero-order valence-electron chi connectivity index (χ0n) is 10.4. The highest BCUT2D eigenvalue weighted by Gasteiger charge is 2.27. The Balaban J connectivity index is 1.84. The van der Waals surface area contributed by atoms with Gasteiger partial charge in [-0.15, -0.1) is 0 Å². The van der Waals surface area contributed by atoms with E-state index in [0.717, 1.165) is 17.4 Å². The van der Waals surface area contributed by atoms with E-state index in [0.29, 0.717) is 11.8 Å². The van der Waals surface area contributed by atoms with Crippen LogP contribution in [0.4, 0.5) is 0 Å². The second-order valence-corrected chi connectivity index (χ2v) is 5.79. The van der Waals surface area contributed by atoms with Crippen LogP contribution in [0.25, 0.3) is 0 Å². The molecule has 3 heteroatoms. The summed E-state index contributed by atoms with van der Waals surface area (Å²) in [5.74, 6) is 2.84. The maximum Gasteiger partial charge on any atom is 0.251 e. The summed E-state index contributed by atoms with van der Waals surface area (Å²) >= 11 is 0. The van der Waals surface area contributed by atoms with Gasteiger partial charge in [0.25, 0.3) is 5.56 Å². The van der Waals surface area contributed by atoms with Gasteiger partial charge >= 0.3 is 0 Å². The minimum atomic E-state index is 0.0375. The van der Waals surface area contributed by atoms with E-state index in [4.69, 9.17) is 0 Å². The molecule has 1 heterocycles. The van der Waals surface area contributed by atoms with Gasteiger partial charge in [0.1, 0.15) is 5.82 Å². The van der Waals surface area contributed by atoms with E-state index in [-0.39, 0.29) is 5.56 Å². The molecular weight excluding hydrogens is 212 g/mol. The minimum absolute atomic E-state index is 0.0375. The molecule has 0 aliphatic heterocycles. The molecule has 92 valence electrons. The van der Waals surface area contributed by atoms with Crippen molar-refractivity contribution >= 4 is 0 Å². The maximum atomic E-state index is 11.7. The second kappa shape index (κ2) is 4.28. The quantitative estimate of drug-likeness (QED) is 0.852. The third-order valence-corrected chi connectivity index (χ3v) is 4.18. The summed E-state index contributed by atoms with van der Waals surface area (Å²) in [6.45, 7) is 2.31. The van der Waals surface area contributed by atoms with Crippen LogP contribution in [0.3, 0.4) is 0 Å². The van der Waals surface area contributed by atoms with Crippen molar-refractivity contribution in [3.63, 3.8) is 0 Å². The topological polar surface area (TPSA) is 45.8 Å². The number of nitrogens with one attached hydrogen (secondary N) is 1. The van der Waals surface area contributed by atoms with E-state index in [2.05, 4.69) is 16.9 Å². The maximum absolute atomic E-state index is 11.7. The van der Waals surface area contributed by atoms with Crippen LogP contribution in [-0.4, -0.2) is 9.97 Å². The molecule has 2 aliphatic rings. The predicted octanol–water partition coefficient (Wildman–Crippen LogP) is 2.94. The number of aromatic amines is 1. The molecule has 2 fully saturated rings. The summed E-state index contributed by atoms with van der Waals surface area (Å²) < 4.78 is 0. The summed E-state index contributed by atoms with van der Waals surface area (Å²) in [6.07, 6.45) is 7.30. The SMILES string of the molecule is CC1CCC(c2nc(C3CC3)cc(=O)[nH]2)CC1. The molecule has 0 atom stereocenters. The van der Waals surface area contributed by atoms with Crippen molar-refractivity contribution in [2.24, 2.45) is 5.92 Å². The molecule has 2 aliphatic carbocycles. The lowest BCUT2D eigenvalue weighted by Crippen LogP contribution is -2.19. The second-order valence-electron chi connectivity index (χ2n) is 5.79. The van der Waals surface area contributed by atoms with Crippen molar-refractivity contribution in [1.29, 1.82) is 0 Å². The Morgan fingerprint density at radius 3 is 2.41 bits per heavy atom. The Bertz CT molecular complexity index is 454. The van der Waals surface area contributed by atoms with Gasteiger partial charge < -0.3 is 4.98 Å². The summed E-state index contributed by atoms with van der Waals surface area (Å²) in [5.41, 5.74) is 1.07. The summed E-state index contributed by atoms with van der Waals surface area (Å²) in [6, 6.07) is 1.69. The monoisotopic (exact) mass is 232 g/mol. The van der Waals surface area contributed by atoms with Crippen molar-refractivity contribution in [3.8, 4) is 0 Å². The Morgan fingerprint density at radius 1 is 1.12 bits per heavy atom. The number of aromatic nitrogens is 2. The Kier molecular flexibility index (Phi) is 2.77. The molecule has 1 N–H and O–H groups in total. The third kappa shape index (κ3) is 2.43. The normalized spacial score (nSPS) is 29.2. The molecule has 0 spiro atoms. The average molecular weight is 232 g/mol. The van der Waals surface area contributed by atoms with Gasteiger partial charge in [0.15, 0.2) is 0 Å². The lowest BCUT2D eigenvalue weighted by atomic mass is 9.82. The van der Waals surface area contributed by atoms with E-state index < -0.39 is 0 Å². The molecule has 1 aromatic heterocycles. The van der Waals surface area contributed by atoms with Crippen molar-refractivity contribution < 1.29 is 0 Å². The summed E-state index contributed by atoms with van der Waals surface area (Å²) in [4.78, 5) is 19.3. The van der Waals surface area contributed by atoms with Gasteiger partial charge in [-0.2, -0.15) is 0 Å². The standard InChI is InChI=1S/C14H20N2O/c1-9-2-4-11(5-3-9)14-15-12(10-6-7-10)8-13(17)16-14/h8-11H,2-7H2,1H3,(H,15,16,17). The van der Waals surface area contributed by atoms with Gasteiger partial charge in [-0.05, 0) is 31.6 Å². The Hall–Kier alpha value is -1.12. The van der Waals surface area contributed by atoms with Gasteiger partial charge in [-0.1, -0.05) is 19.8 Å². The van der Waals surface area contributed by atoms with Gasteiger partial charge in [0, 0.05) is 17.9 Å². The molecule has 3 nitrogen and oxygen atoms in total. The number of nitrogens with zero attached hydrogens (tertiary/aromatic N) is 1. The number of hydrogen-bond donors (Lipinski definition) is 1. The summed E-state index contributed by atoms with van der Waals surface area (Å²) in [7, 11) is 0. The average Bonchev–Trinajstić information content (AvgIpc) is 3.13. The van der Waals surface area contributed by atoms with Crippen molar-refractivity contribution in [2.45, 2.75) is 57.3 Å². The zero-order chi connectivity index (χ0) is 11.8. The first-order valence-electron chi connectivity index (χ1n) is 6.83. The van der Waals surface area contributed by atoms with Crippen LogP contribution in [0.1, 0.15) is 68.8 Å². The van der Waals surface area contributed by atoms with E-state index in [9.17, 15) is 4.79 Å². The van der Waals surface area contributed by atoms with E-state index in [1.807, 2.05) is 0 Å². The molecule has 0 bridgehead atoms. The van der Waals surface area contributed by atoms with E-state index in [1.165, 1.54) is 38.5 Å². The highest BCUT2D eigenvalue weighted by atomic mass is 16.1. The van der Waals surface area contributed by atoms with Gasteiger partial charge in [-0.3, -0.25) is 4.79 Å². The molecule has 0 unspecified atom stereocenters. The number of hydrogen-bond acceptors (Lipinski definition) is 2.